The monoisotopic (exact) mass is 279 g/mol. The second-order valence-electron chi connectivity index (χ2n) is 4.06. The summed E-state index contributed by atoms with van der Waals surface area (Å²) in [7, 11) is 0. The maximum Gasteiger partial charge on any atom is 0.161 e. The third-order valence-electron chi connectivity index (χ3n) is 2.80. The molecule has 1 aromatic rings. The van der Waals surface area contributed by atoms with E-state index >= 15 is 0 Å². The Bertz CT molecular complexity index is 507. The van der Waals surface area contributed by atoms with Gasteiger partial charge in [0.1, 0.15) is 6.07 Å². The largest absolute Gasteiger partial charge is 0.335 e. The lowest BCUT2D eigenvalue weighted by atomic mass is 10.2. The molecule has 0 saturated carbocycles. The van der Waals surface area contributed by atoms with Crippen molar-refractivity contribution in [3.63, 3.8) is 0 Å². The van der Waals surface area contributed by atoms with Crippen LogP contribution in [0.5, 0.6) is 0 Å². The smallest absolute Gasteiger partial charge is 0.161 e. The Balaban J connectivity index is 2.12. The third kappa shape index (κ3) is 3.18. The van der Waals surface area contributed by atoms with E-state index in [1.165, 1.54) is 0 Å². The molecule has 0 fully saturated rings. The summed E-state index contributed by atoms with van der Waals surface area (Å²) in [6, 6.07) is 7.80. The molecule has 0 aliphatic carbocycles. The summed E-state index contributed by atoms with van der Waals surface area (Å²) in [6.45, 7) is 2.15. The zero-order valence-electron chi connectivity index (χ0n) is 10.1. The quantitative estimate of drug-likeness (QED) is 0.893. The molecule has 0 saturated heterocycles. The van der Waals surface area contributed by atoms with Crippen LogP contribution >= 0.6 is 23.4 Å². The molecule has 18 heavy (non-hydrogen) atoms. The van der Waals surface area contributed by atoms with Gasteiger partial charge in [-0.2, -0.15) is 5.26 Å². The lowest BCUT2D eigenvalue weighted by Gasteiger charge is -2.19. The molecule has 1 aliphatic heterocycles. The summed E-state index contributed by atoms with van der Waals surface area (Å²) in [6.07, 6.45) is 2.21. The summed E-state index contributed by atoms with van der Waals surface area (Å²) in [4.78, 5) is 4.63. The first-order valence-electron chi connectivity index (χ1n) is 5.90. The van der Waals surface area contributed by atoms with Crippen LogP contribution in [-0.4, -0.2) is 17.0 Å². The van der Waals surface area contributed by atoms with Gasteiger partial charge in [0, 0.05) is 11.4 Å². The first-order chi connectivity index (χ1) is 8.72. The van der Waals surface area contributed by atoms with Crippen molar-refractivity contribution in [3.05, 3.63) is 28.8 Å². The number of nitrogens with zero attached hydrogens (tertiary/aromatic N) is 2. The zero-order chi connectivity index (χ0) is 13.0. The first-order valence-corrected chi connectivity index (χ1v) is 7.26. The number of benzene rings is 1. The maximum absolute atomic E-state index is 8.81. The SMILES string of the molecule is CCC1CCSC(Nc2ccc(C#N)c(Cl)c2)=N1. The Morgan fingerprint density at radius 3 is 3.11 bits per heavy atom. The Morgan fingerprint density at radius 2 is 2.44 bits per heavy atom. The van der Waals surface area contributed by atoms with Crippen LogP contribution in [0.25, 0.3) is 0 Å². The number of thioether (sulfide) groups is 1. The highest BCUT2D eigenvalue weighted by Crippen LogP contribution is 2.24. The highest BCUT2D eigenvalue weighted by Gasteiger charge is 2.14. The maximum atomic E-state index is 8.81. The third-order valence-corrected chi connectivity index (χ3v) is 4.04. The number of amidine groups is 1. The van der Waals surface area contributed by atoms with Crippen molar-refractivity contribution in [2.75, 3.05) is 11.1 Å². The van der Waals surface area contributed by atoms with Crippen molar-refractivity contribution in [2.45, 2.75) is 25.8 Å². The minimum absolute atomic E-state index is 0.419. The number of rotatable bonds is 2. The predicted octanol–water partition coefficient (Wildman–Crippen LogP) is 3.90. The first kappa shape index (κ1) is 13.3. The average Bonchev–Trinajstić information content (AvgIpc) is 2.39. The number of aliphatic imine (C=N–C) groups is 1. The van der Waals surface area contributed by atoms with Crippen LogP contribution in [-0.2, 0) is 0 Å². The molecule has 0 amide bonds. The van der Waals surface area contributed by atoms with Crippen molar-refractivity contribution in [1.82, 2.24) is 0 Å². The van der Waals surface area contributed by atoms with E-state index in [1.807, 2.05) is 12.1 Å². The minimum atomic E-state index is 0.419. The second kappa shape index (κ2) is 6.12. The highest BCUT2D eigenvalue weighted by atomic mass is 35.5. The average molecular weight is 280 g/mol. The molecule has 2 rings (SSSR count). The van der Waals surface area contributed by atoms with Gasteiger partial charge in [0.2, 0.25) is 0 Å². The molecule has 0 spiro atoms. The molecule has 1 unspecified atom stereocenters. The number of hydrogen-bond donors (Lipinski definition) is 1. The van der Waals surface area contributed by atoms with Gasteiger partial charge in [0.15, 0.2) is 5.17 Å². The van der Waals surface area contributed by atoms with Crippen LogP contribution < -0.4 is 5.32 Å². The number of nitriles is 1. The van der Waals surface area contributed by atoms with Gasteiger partial charge >= 0.3 is 0 Å². The van der Waals surface area contributed by atoms with E-state index in [0.29, 0.717) is 16.6 Å². The van der Waals surface area contributed by atoms with Gasteiger partial charge in [-0.05, 0) is 31.0 Å². The number of nitrogens with one attached hydrogen (secondary N) is 1. The second-order valence-corrected chi connectivity index (χ2v) is 5.56. The molecular formula is C13H14ClN3S. The van der Waals surface area contributed by atoms with Gasteiger partial charge in [-0.3, -0.25) is 4.99 Å². The fourth-order valence-corrected chi connectivity index (χ4v) is 2.95. The van der Waals surface area contributed by atoms with E-state index < -0.39 is 0 Å². The van der Waals surface area contributed by atoms with Gasteiger partial charge in [0.25, 0.3) is 0 Å². The molecule has 1 aliphatic rings. The molecule has 1 heterocycles. The summed E-state index contributed by atoms with van der Waals surface area (Å²) in [5, 5.41) is 13.5. The van der Waals surface area contributed by atoms with E-state index in [2.05, 4.69) is 17.2 Å². The molecule has 1 N–H and O–H groups in total. The van der Waals surface area contributed by atoms with Crippen LogP contribution in [0.15, 0.2) is 23.2 Å². The van der Waals surface area contributed by atoms with Crippen molar-refractivity contribution in [3.8, 4) is 6.07 Å². The molecule has 0 radical (unpaired) electrons. The lowest BCUT2D eigenvalue weighted by Crippen LogP contribution is -2.19. The molecule has 0 bridgehead atoms. The Labute approximate surface area is 116 Å². The van der Waals surface area contributed by atoms with Crippen LogP contribution in [0, 0.1) is 11.3 Å². The summed E-state index contributed by atoms with van der Waals surface area (Å²) in [5.74, 6) is 1.09. The molecule has 94 valence electrons. The Hall–Kier alpha value is -1.18. The molecule has 1 atom stereocenters. The number of hydrogen-bond acceptors (Lipinski definition) is 4. The van der Waals surface area contributed by atoms with E-state index in [0.717, 1.165) is 29.4 Å². The van der Waals surface area contributed by atoms with Gasteiger partial charge in [-0.15, -0.1) is 0 Å². The molecular weight excluding hydrogens is 266 g/mol. The fourth-order valence-electron chi connectivity index (χ4n) is 1.73. The van der Waals surface area contributed by atoms with Crippen molar-refractivity contribution in [1.29, 1.82) is 5.26 Å². The molecule has 1 aromatic carbocycles. The minimum Gasteiger partial charge on any atom is -0.335 e. The normalized spacial score (nSPS) is 18.9. The highest BCUT2D eigenvalue weighted by molar-refractivity contribution is 8.14. The van der Waals surface area contributed by atoms with Crippen molar-refractivity contribution < 1.29 is 0 Å². The van der Waals surface area contributed by atoms with Crippen LogP contribution in [0.1, 0.15) is 25.3 Å². The number of anilines is 1. The van der Waals surface area contributed by atoms with E-state index in [-0.39, 0.29) is 0 Å². The van der Waals surface area contributed by atoms with Gasteiger partial charge in [-0.1, -0.05) is 30.3 Å². The topological polar surface area (TPSA) is 48.2 Å². The van der Waals surface area contributed by atoms with Crippen LogP contribution in [0.4, 0.5) is 5.69 Å². The molecule has 5 heteroatoms. The van der Waals surface area contributed by atoms with E-state index in [1.54, 1.807) is 23.9 Å². The van der Waals surface area contributed by atoms with Crippen molar-refractivity contribution in [2.24, 2.45) is 4.99 Å². The Morgan fingerprint density at radius 1 is 1.61 bits per heavy atom. The van der Waals surface area contributed by atoms with Gasteiger partial charge in [-0.25, -0.2) is 0 Å². The predicted molar refractivity (Wildman–Crippen MR) is 78.4 cm³/mol. The summed E-state index contributed by atoms with van der Waals surface area (Å²) in [5.41, 5.74) is 1.37. The van der Waals surface area contributed by atoms with Crippen molar-refractivity contribution >= 4 is 34.2 Å². The molecule has 3 nitrogen and oxygen atoms in total. The standard InChI is InChI=1S/C13H14ClN3S/c1-2-10-5-6-18-13(16-10)17-11-4-3-9(8-15)12(14)7-11/h3-4,7,10H,2,5-6H2,1H3,(H,16,17). The summed E-state index contributed by atoms with van der Waals surface area (Å²) >= 11 is 7.72. The van der Waals surface area contributed by atoms with Gasteiger partial charge < -0.3 is 5.32 Å². The van der Waals surface area contributed by atoms with E-state index in [9.17, 15) is 0 Å². The molecule has 0 aromatic heterocycles. The zero-order valence-corrected chi connectivity index (χ0v) is 11.7. The van der Waals surface area contributed by atoms with Crippen LogP contribution in [0.2, 0.25) is 5.02 Å². The summed E-state index contributed by atoms with van der Waals surface area (Å²) < 4.78 is 0. The number of halogens is 1. The lowest BCUT2D eigenvalue weighted by molar-refractivity contribution is 0.634. The Kier molecular flexibility index (Phi) is 4.51. The fraction of sp³-hybridized carbons (Fsp3) is 0.385. The van der Waals surface area contributed by atoms with Crippen LogP contribution in [0.3, 0.4) is 0 Å². The van der Waals surface area contributed by atoms with Gasteiger partial charge in [0.05, 0.1) is 16.6 Å². The van der Waals surface area contributed by atoms with E-state index in [4.69, 9.17) is 16.9 Å².